The van der Waals surface area contributed by atoms with Crippen molar-refractivity contribution < 1.29 is 18.1 Å². The number of rotatable bonds is 7. The Labute approximate surface area is 142 Å². The molecule has 0 unspecified atom stereocenters. The molecule has 1 aromatic rings. The van der Waals surface area contributed by atoms with Crippen molar-refractivity contribution in [2.75, 3.05) is 26.7 Å². The minimum absolute atomic E-state index is 0.149. The van der Waals surface area contributed by atoms with Gasteiger partial charge in [0, 0.05) is 32.3 Å². The Hall–Kier alpha value is -2.00. The van der Waals surface area contributed by atoms with E-state index in [-0.39, 0.29) is 23.0 Å². The van der Waals surface area contributed by atoms with Gasteiger partial charge in [-0.3, -0.25) is 14.9 Å². The molecule has 0 N–H and O–H groups in total. The first-order valence-electron chi connectivity index (χ1n) is 7.55. The number of aryl methyl sites for hydroxylation is 1. The van der Waals surface area contributed by atoms with E-state index in [0.29, 0.717) is 24.2 Å². The van der Waals surface area contributed by atoms with Crippen LogP contribution in [0.15, 0.2) is 17.0 Å². The second-order valence-electron chi connectivity index (χ2n) is 5.47. The number of nitro groups is 1. The van der Waals surface area contributed by atoms with Gasteiger partial charge in [0.25, 0.3) is 5.69 Å². The number of carbonyl (C=O) groups excluding carboxylic acids is 1. The van der Waals surface area contributed by atoms with Crippen LogP contribution in [0.3, 0.4) is 0 Å². The lowest BCUT2D eigenvalue weighted by Crippen LogP contribution is -2.41. The van der Waals surface area contributed by atoms with E-state index in [2.05, 4.69) is 0 Å². The molecule has 0 aromatic heterocycles. The number of hydrogen-bond acceptors (Lipinski definition) is 5. The number of likely N-dealkylation sites (N-methyl/N-ethyl adjacent to an activating group) is 2. The van der Waals surface area contributed by atoms with Crippen molar-refractivity contribution in [3.8, 4) is 0 Å². The zero-order valence-electron chi connectivity index (χ0n) is 14.6. The maximum absolute atomic E-state index is 12.7. The normalized spacial score (nSPS) is 11.6. The average Bonchev–Trinajstić information content (AvgIpc) is 2.50. The first kappa shape index (κ1) is 20.0. The van der Waals surface area contributed by atoms with Gasteiger partial charge in [0.05, 0.1) is 16.4 Å². The fourth-order valence-electron chi connectivity index (χ4n) is 2.30. The molecule has 0 saturated carbocycles. The van der Waals surface area contributed by atoms with Crippen LogP contribution in [0.25, 0.3) is 0 Å². The molecule has 0 aliphatic heterocycles. The van der Waals surface area contributed by atoms with Gasteiger partial charge in [0.2, 0.25) is 15.9 Å². The van der Waals surface area contributed by atoms with Crippen molar-refractivity contribution in [3.63, 3.8) is 0 Å². The third kappa shape index (κ3) is 4.09. The van der Waals surface area contributed by atoms with Crippen LogP contribution in [-0.2, 0) is 14.8 Å². The molecular formula is C15H23N3O5S. The lowest BCUT2D eigenvalue weighted by atomic mass is 10.1. The summed E-state index contributed by atoms with van der Waals surface area (Å²) in [5.41, 5.74) is 0.647. The molecule has 0 aliphatic carbocycles. The Morgan fingerprint density at radius 1 is 1.21 bits per heavy atom. The highest BCUT2D eigenvalue weighted by atomic mass is 32.2. The number of amides is 1. The fourth-order valence-corrected chi connectivity index (χ4v) is 3.74. The molecule has 0 radical (unpaired) electrons. The lowest BCUT2D eigenvalue weighted by Gasteiger charge is -2.23. The number of sulfonamides is 1. The molecule has 9 heteroatoms. The molecule has 0 saturated heterocycles. The predicted molar refractivity (Wildman–Crippen MR) is 90.3 cm³/mol. The van der Waals surface area contributed by atoms with Gasteiger partial charge in [-0.15, -0.1) is 0 Å². The van der Waals surface area contributed by atoms with Gasteiger partial charge in [0.1, 0.15) is 0 Å². The van der Waals surface area contributed by atoms with Crippen LogP contribution in [0.1, 0.15) is 25.0 Å². The molecule has 0 bridgehead atoms. The summed E-state index contributed by atoms with van der Waals surface area (Å²) in [7, 11) is -2.72. The van der Waals surface area contributed by atoms with Gasteiger partial charge in [-0.1, -0.05) is 0 Å². The second kappa shape index (κ2) is 7.71. The summed E-state index contributed by atoms with van der Waals surface area (Å²) < 4.78 is 26.4. The van der Waals surface area contributed by atoms with Crippen molar-refractivity contribution in [1.82, 2.24) is 9.21 Å². The zero-order chi connectivity index (χ0) is 18.7. The van der Waals surface area contributed by atoms with E-state index in [1.807, 2.05) is 13.8 Å². The van der Waals surface area contributed by atoms with Gasteiger partial charge in [-0.25, -0.2) is 8.42 Å². The Morgan fingerprint density at radius 2 is 1.75 bits per heavy atom. The minimum Gasteiger partial charge on any atom is -0.342 e. The van der Waals surface area contributed by atoms with E-state index < -0.39 is 14.9 Å². The Kier molecular flexibility index (Phi) is 6.44. The highest BCUT2D eigenvalue weighted by Crippen LogP contribution is 2.27. The van der Waals surface area contributed by atoms with Crippen LogP contribution in [0.4, 0.5) is 5.69 Å². The molecule has 134 valence electrons. The summed E-state index contributed by atoms with van der Waals surface area (Å²) in [5.74, 6) is -0.314. The molecule has 8 nitrogen and oxygen atoms in total. The molecule has 1 rings (SSSR count). The summed E-state index contributed by atoms with van der Waals surface area (Å²) >= 11 is 0. The van der Waals surface area contributed by atoms with Gasteiger partial charge >= 0.3 is 0 Å². The molecule has 0 atom stereocenters. The van der Waals surface area contributed by atoms with Crippen LogP contribution in [-0.4, -0.2) is 55.1 Å². The summed E-state index contributed by atoms with van der Waals surface area (Å²) in [6.07, 6.45) is 0. The predicted octanol–water partition coefficient (Wildman–Crippen LogP) is 1.70. The molecule has 0 spiro atoms. The van der Waals surface area contributed by atoms with E-state index in [4.69, 9.17) is 0 Å². The first-order chi connectivity index (χ1) is 11.1. The quantitative estimate of drug-likeness (QED) is 0.546. The molecule has 24 heavy (non-hydrogen) atoms. The van der Waals surface area contributed by atoms with E-state index >= 15 is 0 Å². The van der Waals surface area contributed by atoms with Gasteiger partial charge < -0.3 is 4.90 Å². The first-order valence-corrected chi connectivity index (χ1v) is 8.99. The molecule has 0 fully saturated rings. The van der Waals surface area contributed by atoms with E-state index in [1.54, 1.807) is 13.8 Å². The minimum atomic E-state index is -4.01. The smallest absolute Gasteiger partial charge is 0.271 e. The van der Waals surface area contributed by atoms with Crippen LogP contribution in [0.2, 0.25) is 0 Å². The molecule has 1 aromatic carbocycles. The van der Waals surface area contributed by atoms with E-state index in [1.165, 1.54) is 18.0 Å². The molecule has 0 heterocycles. The number of carbonyl (C=O) groups is 1. The van der Waals surface area contributed by atoms with Gasteiger partial charge in [-0.2, -0.15) is 4.31 Å². The topological polar surface area (TPSA) is 101 Å². The van der Waals surface area contributed by atoms with Crippen LogP contribution < -0.4 is 0 Å². The highest BCUT2D eigenvalue weighted by molar-refractivity contribution is 7.89. The largest absolute Gasteiger partial charge is 0.342 e. The Bertz CT molecular complexity index is 742. The number of benzene rings is 1. The van der Waals surface area contributed by atoms with Crippen LogP contribution in [0, 0.1) is 24.0 Å². The summed E-state index contributed by atoms with van der Waals surface area (Å²) in [4.78, 5) is 23.9. The Morgan fingerprint density at radius 3 is 2.21 bits per heavy atom. The molecule has 0 aliphatic rings. The van der Waals surface area contributed by atoms with Gasteiger partial charge in [0.15, 0.2) is 0 Å². The molecular weight excluding hydrogens is 334 g/mol. The van der Waals surface area contributed by atoms with Crippen molar-refractivity contribution in [3.05, 3.63) is 33.4 Å². The van der Waals surface area contributed by atoms with Crippen molar-refractivity contribution in [1.29, 1.82) is 0 Å². The Balaban J connectivity index is 3.25. The van der Waals surface area contributed by atoms with Crippen molar-refractivity contribution in [2.24, 2.45) is 0 Å². The maximum Gasteiger partial charge on any atom is 0.271 e. The standard InChI is InChI=1S/C15H23N3O5S/c1-6-17(7-2)15(19)10-16(5)24(22,23)14-9-13(18(20)21)8-11(3)12(14)4/h8-9H,6-7,10H2,1-5H3. The fraction of sp³-hybridized carbons (Fsp3) is 0.533. The molecule has 1 amide bonds. The van der Waals surface area contributed by atoms with Crippen molar-refractivity contribution in [2.45, 2.75) is 32.6 Å². The van der Waals surface area contributed by atoms with Crippen LogP contribution in [0.5, 0.6) is 0 Å². The average molecular weight is 357 g/mol. The third-order valence-electron chi connectivity index (χ3n) is 3.98. The van der Waals surface area contributed by atoms with Crippen LogP contribution >= 0.6 is 0 Å². The summed E-state index contributed by atoms with van der Waals surface area (Å²) in [5, 5.41) is 11.0. The number of nitro benzene ring substituents is 1. The number of hydrogen-bond donors (Lipinski definition) is 0. The maximum atomic E-state index is 12.7. The zero-order valence-corrected chi connectivity index (χ0v) is 15.4. The summed E-state index contributed by atoms with van der Waals surface area (Å²) in [6.45, 7) is 7.48. The monoisotopic (exact) mass is 357 g/mol. The SMILES string of the molecule is CCN(CC)C(=O)CN(C)S(=O)(=O)c1cc([N+](=O)[O-])cc(C)c1C. The third-order valence-corrected chi connectivity index (χ3v) is 5.91. The lowest BCUT2D eigenvalue weighted by molar-refractivity contribution is -0.385. The van der Waals surface area contributed by atoms with E-state index in [0.717, 1.165) is 10.4 Å². The van der Waals surface area contributed by atoms with Crippen molar-refractivity contribution >= 4 is 21.6 Å². The second-order valence-corrected chi connectivity index (χ2v) is 7.48. The van der Waals surface area contributed by atoms with Gasteiger partial charge in [-0.05, 0) is 38.8 Å². The van der Waals surface area contributed by atoms with E-state index in [9.17, 15) is 23.3 Å². The number of nitrogens with zero attached hydrogens (tertiary/aromatic N) is 3. The number of non-ortho nitro benzene ring substituents is 1. The highest BCUT2D eigenvalue weighted by Gasteiger charge is 2.28. The summed E-state index contributed by atoms with van der Waals surface area (Å²) in [6, 6.07) is 2.37.